The number of carbonyl (C=O) groups excluding carboxylic acids is 2. The Kier molecular flexibility index (Phi) is 4.57. The average Bonchev–Trinajstić information content (AvgIpc) is 2.47. The number of amides is 3. The van der Waals surface area contributed by atoms with Crippen molar-refractivity contribution in [2.24, 2.45) is 5.73 Å². The smallest absolute Gasteiger partial charge is 0.321 e. The van der Waals surface area contributed by atoms with Gasteiger partial charge >= 0.3 is 6.03 Å². The molecule has 1 aromatic rings. The molecule has 6 heteroatoms. The van der Waals surface area contributed by atoms with E-state index in [0.29, 0.717) is 26.2 Å². The Morgan fingerprint density at radius 3 is 2.30 bits per heavy atom. The predicted molar refractivity (Wildman–Crippen MR) is 77.3 cm³/mol. The fourth-order valence-electron chi connectivity index (χ4n) is 2.22. The van der Waals surface area contributed by atoms with E-state index in [1.807, 2.05) is 35.2 Å². The van der Waals surface area contributed by atoms with Crippen molar-refractivity contribution in [1.29, 1.82) is 0 Å². The van der Waals surface area contributed by atoms with Crippen molar-refractivity contribution < 1.29 is 9.59 Å². The zero-order chi connectivity index (χ0) is 14.5. The summed E-state index contributed by atoms with van der Waals surface area (Å²) in [7, 11) is 0. The minimum atomic E-state index is -0.327. The molecule has 0 aliphatic carbocycles. The lowest BCUT2D eigenvalue weighted by Crippen LogP contribution is -2.55. The first-order chi connectivity index (χ1) is 9.58. The van der Waals surface area contributed by atoms with Crippen LogP contribution in [0.2, 0.25) is 0 Å². The molecule has 1 aromatic carbocycles. The van der Waals surface area contributed by atoms with Gasteiger partial charge in [0, 0.05) is 31.9 Å². The molecule has 2 rings (SSSR count). The number of piperazine rings is 1. The molecule has 0 aromatic heterocycles. The topological polar surface area (TPSA) is 78.7 Å². The SMILES string of the molecule is CC(C(N)=O)N1CCN(C(=O)Nc2ccccc2)CC1. The summed E-state index contributed by atoms with van der Waals surface area (Å²) in [6.45, 7) is 4.30. The first-order valence-corrected chi connectivity index (χ1v) is 6.72. The zero-order valence-corrected chi connectivity index (χ0v) is 11.6. The van der Waals surface area contributed by atoms with Gasteiger partial charge in [-0.2, -0.15) is 0 Å². The van der Waals surface area contributed by atoms with Gasteiger partial charge < -0.3 is 16.0 Å². The highest BCUT2D eigenvalue weighted by molar-refractivity contribution is 5.89. The van der Waals surface area contributed by atoms with Crippen molar-refractivity contribution in [2.75, 3.05) is 31.5 Å². The molecule has 6 nitrogen and oxygen atoms in total. The maximum atomic E-state index is 12.1. The Bertz CT molecular complexity index is 469. The third-order valence-electron chi connectivity index (χ3n) is 3.59. The number of rotatable bonds is 3. The lowest BCUT2D eigenvalue weighted by Gasteiger charge is -2.36. The van der Waals surface area contributed by atoms with E-state index in [-0.39, 0.29) is 18.0 Å². The first-order valence-electron chi connectivity index (χ1n) is 6.72. The molecule has 0 saturated carbocycles. The van der Waals surface area contributed by atoms with Gasteiger partial charge in [0.25, 0.3) is 0 Å². The fourth-order valence-corrected chi connectivity index (χ4v) is 2.22. The van der Waals surface area contributed by atoms with Crippen LogP contribution in [0, 0.1) is 0 Å². The van der Waals surface area contributed by atoms with E-state index in [9.17, 15) is 9.59 Å². The molecule has 0 bridgehead atoms. The summed E-state index contributed by atoms with van der Waals surface area (Å²) in [6, 6.07) is 8.97. The largest absolute Gasteiger partial charge is 0.368 e. The quantitative estimate of drug-likeness (QED) is 0.853. The summed E-state index contributed by atoms with van der Waals surface area (Å²) in [4.78, 5) is 27.0. The molecular weight excluding hydrogens is 256 g/mol. The van der Waals surface area contributed by atoms with Gasteiger partial charge in [0.15, 0.2) is 0 Å². The van der Waals surface area contributed by atoms with E-state index in [1.54, 1.807) is 11.8 Å². The second-order valence-corrected chi connectivity index (χ2v) is 4.90. The summed E-state index contributed by atoms with van der Waals surface area (Å²) >= 11 is 0. The number of nitrogens with two attached hydrogens (primary N) is 1. The number of hydrogen-bond donors (Lipinski definition) is 2. The molecule has 108 valence electrons. The van der Waals surface area contributed by atoms with Crippen molar-refractivity contribution in [1.82, 2.24) is 9.80 Å². The molecule has 0 radical (unpaired) electrons. The number of hydrogen-bond acceptors (Lipinski definition) is 3. The maximum Gasteiger partial charge on any atom is 0.321 e. The number of anilines is 1. The lowest BCUT2D eigenvalue weighted by atomic mass is 10.2. The third kappa shape index (κ3) is 3.48. The van der Waals surface area contributed by atoms with Crippen LogP contribution in [0.3, 0.4) is 0 Å². The van der Waals surface area contributed by atoms with Crippen molar-refractivity contribution in [3.05, 3.63) is 30.3 Å². The Labute approximate surface area is 118 Å². The van der Waals surface area contributed by atoms with Crippen LogP contribution in [0.25, 0.3) is 0 Å². The Morgan fingerprint density at radius 2 is 1.75 bits per heavy atom. The number of carbonyl (C=O) groups is 2. The molecule has 3 amide bonds. The summed E-state index contributed by atoms with van der Waals surface area (Å²) in [5, 5.41) is 2.86. The third-order valence-corrected chi connectivity index (χ3v) is 3.59. The molecule has 20 heavy (non-hydrogen) atoms. The molecule has 3 N–H and O–H groups in total. The van der Waals surface area contributed by atoms with Gasteiger partial charge in [0.2, 0.25) is 5.91 Å². The fraction of sp³-hybridized carbons (Fsp3) is 0.429. The Morgan fingerprint density at radius 1 is 1.15 bits per heavy atom. The second kappa shape index (κ2) is 6.38. The lowest BCUT2D eigenvalue weighted by molar-refractivity contribution is -0.123. The van der Waals surface area contributed by atoms with Crippen molar-refractivity contribution in [2.45, 2.75) is 13.0 Å². The molecule has 1 aliphatic heterocycles. The van der Waals surface area contributed by atoms with Gasteiger partial charge in [-0.15, -0.1) is 0 Å². The van der Waals surface area contributed by atoms with Gasteiger partial charge in [-0.25, -0.2) is 4.79 Å². The van der Waals surface area contributed by atoms with Crippen molar-refractivity contribution in [3.63, 3.8) is 0 Å². The monoisotopic (exact) mass is 276 g/mol. The van der Waals surface area contributed by atoms with Gasteiger partial charge in [0.05, 0.1) is 6.04 Å². The van der Waals surface area contributed by atoms with E-state index in [0.717, 1.165) is 5.69 Å². The van der Waals surface area contributed by atoms with E-state index in [1.165, 1.54) is 0 Å². The van der Waals surface area contributed by atoms with Crippen LogP contribution in [-0.2, 0) is 4.79 Å². The standard InChI is InChI=1S/C14H20N4O2/c1-11(13(15)19)17-7-9-18(10-8-17)14(20)16-12-5-3-2-4-6-12/h2-6,11H,7-10H2,1H3,(H2,15,19)(H,16,20). The highest BCUT2D eigenvalue weighted by Gasteiger charge is 2.26. The van der Waals surface area contributed by atoms with Crippen molar-refractivity contribution in [3.8, 4) is 0 Å². The summed E-state index contributed by atoms with van der Waals surface area (Å²) in [6.07, 6.45) is 0. The minimum Gasteiger partial charge on any atom is -0.368 e. The van der Waals surface area contributed by atoms with E-state index < -0.39 is 0 Å². The second-order valence-electron chi connectivity index (χ2n) is 4.90. The zero-order valence-electron chi connectivity index (χ0n) is 11.6. The summed E-state index contributed by atoms with van der Waals surface area (Å²) < 4.78 is 0. The first kappa shape index (κ1) is 14.3. The van der Waals surface area contributed by atoms with Gasteiger partial charge in [-0.1, -0.05) is 18.2 Å². The van der Waals surface area contributed by atoms with Crippen LogP contribution < -0.4 is 11.1 Å². The van der Waals surface area contributed by atoms with E-state index in [4.69, 9.17) is 5.73 Å². The minimum absolute atomic E-state index is 0.109. The molecule has 0 spiro atoms. The number of para-hydroxylation sites is 1. The van der Waals surface area contributed by atoms with Gasteiger partial charge in [-0.3, -0.25) is 9.69 Å². The van der Waals surface area contributed by atoms with Gasteiger partial charge in [0.1, 0.15) is 0 Å². The van der Waals surface area contributed by atoms with Gasteiger partial charge in [-0.05, 0) is 19.1 Å². The molecule has 1 aliphatic rings. The number of urea groups is 1. The van der Waals surface area contributed by atoms with Crippen LogP contribution in [0.15, 0.2) is 30.3 Å². The van der Waals surface area contributed by atoms with E-state index in [2.05, 4.69) is 5.32 Å². The van der Waals surface area contributed by atoms with Crippen LogP contribution in [-0.4, -0.2) is 54.0 Å². The van der Waals surface area contributed by atoms with Crippen molar-refractivity contribution >= 4 is 17.6 Å². The molecule has 1 unspecified atom stereocenters. The van der Waals surface area contributed by atoms with Crippen LogP contribution in [0.1, 0.15) is 6.92 Å². The molecular formula is C14H20N4O2. The molecule has 1 heterocycles. The summed E-state index contributed by atoms with van der Waals surface area (Å²) in [5.41, 5.74) is 6.07. The summed E-state index contributed by atoms with van der Waals surface area (Å²) in [5.74, 6) is -0.327. The highest BCUT2D eigenvalue weighted by atomic mass is 16.2. The number of primary amides is 1. The maximum absolute atomic E-state index is 12.1. The van der Waals surface area contributed by atoms with Crippen LogP contribution in [0.4, 0.5) is 10.5 Å². The van der Waals surface area contributed by atoms with E-state index >= 15 is 0 Å². The Hall–Kier alpha value is -2.08. The number of benzene rings is 1. The number of nitrogens with zero attached hydrogens (tertiary/aromatic N) is 2. The average molecular weight is 276 g/mol. The highest BCUT2D eigenvalue weighted by Crippen LogP contribution is 2.10. The predicted octanol–water partition coefficient (Wildman–Crippen LogP) is 0.710. The molecule has 1 fully saturated rings. The molecule has 1 saturated heterocycles. The Balaban J connectivity index is 1.84. The normalized spacial score (nSPS) is 17.6. The van der Waals surface area contributed by atoms with Crippen LogP contribution >= 0.6 is 0 Å². The number of nitrogens with one attached hydrogen (secondary N) is 1. The van der Waals surface area contributed by atoms with Crippen LogP contribution in [0.5, 0.6) is 0 Å². The molecule has 1 atom stereocenters.